The van der Waals surface area contributed by atoms with Crippen molar-refractivity contribution in [2.24, 2.45) is 16.9 Å². The van der Waals surface area contributed by atoms with Crippen LogP contribution in [0.5, 0.6) is 0 Å². The lowest BCUT2D eigenvalue weighted by atomic mass is 9.90. The Labute approximate surface area is 137 Å². The minimum atomic E-state index is -3.62. The van der Waals surface area contributed by atoms with E-state index in [2.05, 4.69) is 0 Å². The molecule has 1 heterocycles. The first kappa shape index (κ1) is 18.9. The molecule has 0 aromatic heterocycles. The van der Waals surface area contributed by atoms with E-state index in [1.807, 2.05) is 6.92 Å². The topological polar surface area (TPSA) is 106 Å². The lowest BCUT2D eigenvalue weighted by molar-refractivity contribution is 0.0999. The molecule has 8 heteroatoms. The van der Waals surface area contributed by atoms with Crippen molar-refractivity contribution in [1.82, 2.24) is 4.31 Å². The monoisotopic (exact) mass is 347 g/mol. The third-order valence-electron chi connectivity index (χ3n) is 4.13. The van der Waals surface area contributed by atoms with Crippen LogP contribution in [0, 0.1) is 12.3 Å². The zero-order valence-electron chi connectivity index (χ0n) is 12.7. The Bertz CT molecular complexity index is 678. The fourth-order valence-corrected chi connectivity index (χ4v) is 4.14. The Morgan fingerprint density at radius 1 is 1.41 bits per heavy atom. The van der Waals surface area contributed by atoms with Crippen molar-refractivity contribution in [3.05, 3.63) is 29.3 Å². The molecule has 1 aliphatic rings. The zero-order chi connectivity index (χ0) is 15.8. The van der Waals surface area contributed by atoms with E-state index in [9.17, 15) is 13.2 Å². The molecule has 1 aromatic rings. The third kappa shape index (κ3) is 3.43. The van der Waals surface area contributed by atoms with Gasteiger partial charge in [-0.15, -0.1) is 12.4 Å². The van der Waals surface area contributed by atoms with Crippen LogP contribution in [-0.4, -0.2) is 38.3 Å². The SMILES string of the molecule is Cc1ccc(S(=O)(=O)N2CCC(C)(CN)C2)cc1C(N)=O.Cl. The highest BCUT2D eigenvalue weighted by Gasteiger charge is 2.39. The summed E-state index contributed by atoms with van der Waals surface area (Å²) in [7, 11) is -3.62. The second-order valence-corrected chi connectivity index (χ2v) is 7.88. The maximum atomic E-state index is 12.7. The second-order valence-electron chi connectivity index (χ2n) is 5.94. The standard InChI is InChI=1S/C14H21N3O3S.ClH/c1-10-3-4-11(7-12(10)13(16)18)21(19,20)17-6-5-14(2,8-15)9-17;/h3-4,7H,5-6,8-9,15H2,1-2H3,(H2,16,18);1H. The van der Waals surface area contributed by atoms with E-state index in [1.54, 1.807) is 13.0 Å². The number of carbonyl (C=O) groups is 1. The second kappa shape index (κ2) is 6.54. The molecule has 124 valence electrons. The number of hydrogen-bond donors (Lipinski definition) is 2. The summed E-state index contributed by atoms with van der Waals surface area (Å²) in [6, 6.07) is 4.46. The first-order valence-electron chi connectivity index (χ1n) is 6.80. The summed E-state index contributed by atoms with van der Waals surface area (Å²) in [5, 5.41) is 0. The Kier molecular flexibility index (Phi) is 5.61. The van der Waals surface area contributed by atoms with Gasteiger partial charge in [0.1, 0.15) is 0 Å². The first-order valence-corrected chi connectivity index (χ1v) is 8.24. The van der Waals surface area contributed by atoms with Crippen LogP contribution < -0.4 is 11.5 Å². The van der Waals surface area contributed by atoms with Gasteiger partial charge in [0, 0.05) is 18.7 Å². The van der Waals surface area contributed by atoms with Crippen LogP contribution >= 0.6 is 12.4 Å². The van der Waals surface area contributed by atoms with Crippen molar-refractivity contribution in [2.75, 3.05) is 19.6 Å². The lowest BCUT2D eigenvalue weighted by Gasteiger charge is -2.22. The number of aryl methyl sites for hydroxylation is 1. The molecule has 1 aliphatic heterocycles. The van der Waals surface area contributed by atoms with E-state index in [0.717, 1.165) is 6.42 Å². The molecule has 0 bridgehead atoms. The summed E-state index contributed by atoms with van der Waals surface area (Å²) in [5.74, 6) is -0.627. The van der Waals surface area contributed by atoms with Crippen molar-refractivity contribution in [2.45, 2.75) is 25.2 Å². The minimum absolute atomic E-state index is 0. The number of rotatable bonds is 4. The maximum absolute atomic E-state index is 12.7. The summed E-state index contributed by atoms with van der Waals surface area (Å²) >= 11 is 0. The van der Waals surface area contributed by atoms with Crippen LogP contribution in [0.3, 0.4) is 0 Å². The van der Waals surface area contributed by atoms with E-state index in [4.69, 9.17) is 11.5 Å². The fourth-order valence-electron chi connectivity index (χ4n) is 2.53. The summed E-state index contributed by atoms with van der Waals surface area (Å²) in [4.78, 5) is 11.5. The van der Waals surface area contributed by atoms with E-state index in [0.29, 0.717) is 25.2 Å². The Morgan fingerprint density at radius 3 is 2.55 bits per heavy atom. The summed E-state index contributed by atoms with van der Waals surface area (Å²) in [6.45, 7) is 4.98. The highest BCUT2D eigenvalue weighted by atomic mass is 35.5. The average Bonchev–Trinajstić information content (AvgIpc) is 2.83. The molecule has 1 aromatic carbocycles. The van der Waals surface area contributed by atoms with Gasteiger partial charge in [-0.05, 0) is 43.0 Å². The van der Waals surface area contributed by atoms with Crippen molar-refractivity contribution < 1.29 is 13.2 Å². The van der Waals surface area contributed by atoms with Gasteiger partial charge in [-0.3, -0.25) is 4.79 Å². The molecule has 0 radical (unpaired) electrons. The molecule has 0 spiro atoms. The van der Waals surface area contributed by atoms with E-state index >= 15 is 0 Å². The molecule has 0 aliphatic carbocycles. The highest BCUT2D eigenvalue weighted by Crippen LogP contribution is 2.32. The first-order chi connectivity index (χ1) is 9.69. The molecule has 1 amide bonds. The van der Waals surface area contributed by atoms with Gasteiger partial charge in [0.25, 0.3) is 0 Å². The molecule has 4 N–H and O–H groups in total. The van der Waals surface area contributed by atoms with Crippen LogP contribution in [0.2, 0.25) is 0 Å². The lowest BCUT2D eigenvalue weighted by Crippen LogP contribution is -2.34. The van der Waals surface area contributed by atoms with Crippen LogP contribution in [-0.2, 0) is 10.0 Å². The maximum Gasteiger partial charge on any atom is 0.249 e. The molecule has 1 fully saturated rings. The molecule has 22 heavy (non-hydrogen) atoms. The molecule has 1 saturated heterocycles. The number of carbonyl (C=O) groups excluding carboxylic acids is 1. The Morgan fingerprint density at radius 2 is 2.05 bits per heavy atom. The Balaban J connectivity index is 0.00000242. The molecule has 1 unspecified atom stereocenters. The molecular formula is C14H22ClN3O3S. The number of primary amides is 1. The summed E-state index contributed by atoms with van der Waals surface area (Å²) < 4.78 is 26.7. The van der Waals surface area contributed by atoms with Gasteiger partial charge in [-0.1, -0.05) is 13.0 Å². The molecular weight excluding hydrogens is 326 g/mol. The van der Waals surface area contributed by atoms with Crippen molar-refractivity contribution in [1.29, 1.82) is 0 Å². The van der Waals surface area contributed by atoms with Crippen LogP contribution in [0.25, 0.3) is 0 Å². The predicted octanol–water partition coefficient (Wildman–Crippen LogP) is 0.875. The van der Waals surface area contributed by atoms with Crippen molar-refractivity contribution in [3.8, 4) is 0 Å². The van der Waals surface area contributed by atoms with Gasteiger partial charge < -0.3 is 11.5 Å². The van der Waals surface area contributed by atoms with Crippen LogP contribution in [0.1, 0.15) is 29.3 Å². The number of halogens is 1. The normalized spacial score (nSPS) is 22.3. The van der Waals surface area contributed by atoms with Gasteiger partial charge in [0.05, 0.1) is 4.90 Å². The van der Waals surface area contributed by atoms with E-state index < -0.39 is 15.9 Å². The van der Waals surface area contributed by atoms with Gasteiger partial charge in [-0.25, -0.2) is 8.42 Å². The number of sulfonamides is 1. The molecule has 2 rings (SSSR count). The van der Waals surface area contributed by atoms with Crippen LogP contribution in [0.4, 0.5) is 0 Å². The average molecular weight is 348 g/mol. The fraction of sp³-hybridized carbons (Fsp3) is 0.500. The van der Waals surface area contributed by atoms with Gasteiger partial charge >= 0.3 is 0 Å². The highest BCUT2D eigenvalue weighted by molar-refractivity contribution is 7.89. The summed E-state index contributed by atoms with van der Waals surface area (Å²) in [6.07, 6.45) is 0.733. The third-order valence-corrected chi connectivity index (χ3v) is 5.97. The minimum Gasteiger partial charge on any atom is -0.366 e. The smallest absolute Gasteiger partial charge is 0.249 e. The number of nitrogens with two attached hydrogens (primary N) is 2. The molecule has 1 atom stereocenters. The van der Waals surface area contributed by atoms with E-state index in [1.165, 1.54) is 16.4 Å². The van der Waals surface area contributed by atoms with Gasteiger partial charge in [0.2, 0.25) is 15.9 Å². The quantitative estimate of drug-likeness (QED) is 0.842. The number of amides is 1. The predicted molar refractivity (Wildman–Crippen MR) is 87.5 cm³/mol. The zero-order valence-corrected chi connectivity index (χ0v) is 14.3. The number of hydrogen-bond acceptors (Lipinski definition) is 4. The van der Waals surface area contributed by atoms with Crippen molar-refractivity contribution >= 4 is 28.3 Å². The number of nitrogens with zero attached hydrogens (tertiary/aromatic N) is 1. The largest absolute Gasteiger partial charge is 0.366 e. The number of benzene rings is 1. The molecule has 0 saturated carbocycles. The molecule has 6 nitrogen and oxygen atoms in total. The van der Waals surface area contributed by atoms with E-state index in [-0.39, 0.29) is 28.3 Å². The van der Waals surface area contributed by atoms with Gasteiger partial charge in [-0.2, -0.15) is 4.31 Å². The Hall–Kier alpha value is -1.15. The summed E-state index contributed by atoms with van der Waals surface area (Å²) in [5.41, 5.74) is 11.7. The van der Waals surface area contributed by atoms with Crippen LogP contribution in [0.15, 0.2) is 23.1 Å². The van der Waals surface area contributed by atoms with Crippen molar-refractivity contribution in [3.63, 3.8) is 0 Å². The van der Waals surface area contributed by atoms with Gasteiger partial charge in [0.15, 0.2) is 0 Å².